The van der Waals surface area contributed by atoms with Gasteiger partial charge in [0.25, 0.3) is 0 Å². The summed E-state index contributed by atoms with van der Waals surface area (Å²) in [6, 6.07) is 0. The van der Waals surface area contributed by atoms with Crippen molar-refractivity contribution in [3.05, 3.63) is 18.1 Å². The number of hydrogen-bond acceptors (Lipinski definition) is 5. The molecule has 0 aliphatic carbocycles. The van der Waals surface area contributed by atoms with Crippen molar-refractivity contribution < 1.29 is 4.79 Å². The van der Waals surface area contributed by atoms with Crippen molar-refractivity contribution in [2.24, 2.45) is 5.73 Å². The number of aromatic amines is 1. The molecule has 1 atom stereocenters. The zero-order chi connectivity index (χ0) is 15.0. The van der Waals surface area contributed by atoms with E-state index >= 15 is 0 Å². The Hall–Kier alpha value is -1.86. The van der Waals surface area contributed by atoms with Crippen molar-refractivity contribution in [2.75, 3.05) is 24.5 Å². The predicted octanol–water partition coefficient (Wildman–Crippen LogP) is 1.12. The number of rotatable bonds is 3. The van der Waals surface area contributed by atoms with Crippen LogP contribution in [-0.2, 0) is 0 Å². The Balaban J connectivity index is 1.85. The van der Waals surface area contributed by atoms with Gasteiger partial charge in [-0.05, 0) is 30.5 Å². The normalized spacial score (nSPS) is 22.0. The van der Waals surface area contributed by atoms with E-state index in [0.29, 0.717) is 13.1 Å². The van der Waals surface area contributed by atoms with Crippen molar-refractivity contribution in [1.82, 2.24) is 20.3 Å². The van der Waals surface area contributed by atoms with Crippen LogP contribution in [0.4, 0.5) is 10.6 Å². The smallest absolute Gasteiger partial charge is 0.313 e. The first-order valence-corrected chi connectivity index (χ1v) is 7.12. The van der Waals surface area contributed by atoms with E-state index in [2.05, 4.69) is 25.2 Å². The van der Waals surface area contributed by atoms with Crippen molar-refractivity contribution >= 4 is 33.8 Å². The maximum Gasteiger partial charge on any atom is 0.313 e. The first-order valence-electron chi connectivity index (χ1n) is 6.74. The summed E-state index contributed by atoms with van der Waals surface area (Å²) in [7, 11) is 0. The molecule has 1 fully saturated rings. The van der Waals surface area contributed by atoms with E-state index in [0.717, 1.165) is 35.4 Å². The number of carbonyl (C=O) groups is 1. The van der Waals surface area contributed by atoms with Gasteiger partial charge in [-0.25, -0.2) is 9.97 Å². The fourth-order valence-corrected chi connectivity index (χ4v) is 2.87. The molecular formula is C13H17ClN6O. The van der Waals surface area contributed by atoms with Crippen LogP contribution in [0.1, 0.15) is 12.0 Å². The van der Waals surface area contributed by atoms with Crippen LogP contribution in [-0.4, -0.2) is 45.5 Å². The van der Waals surface area contributed by atoms with Gasteiger partial charge in [-0.15, -0.1) is 0 Å². The molecule has 3 rings (SSSR count). The van der Waals surface area contributed by atoms with E-state index in [9.17, 15) is 4.79 Å². The van der Waals surface area contributed by atoms with E-state index in [4.69, 9.17) is 17.3 Å². The maximum absolute atomic E-state index is 10.8. The second kappa shape index (κ2) is 5.16. The van der Waals surface area contributed by atoms with E-state index in [1.807, 2.05) is 13.1 Å². The Labute approximate surface area is 126 Å². The Kier molecular flexibility index (Phi) is 3.46. The minimum atomic E-state index is -0.579. The number of nitrogens with one attached hydrogen (secondary N) is 2. The third kappa shape index (κ3) is 2.66. The van der Waals surface area contributed by atoms with Crippen LogP contribution >= 0.6 is 11.6 Å². The summed E-state index contributed by atoms with van der Waals surface area (Å²) in [5.74, 6) is 0.878. The third-order valence-corrected chi connectivity index (χ3v) is 4.04. The van der Waals surface area contributed by atoms with Gasteiger partial charge in [0.2, 0.25) is 0 Å². The standard InChI is InChI=1S/C13H17ClN6O/c1-8-4-16-10-9(8)11(19-7-18-10)20-3-2-13(15,6-20)5-17-12(14)21/h4,7H,2-3,5-6,15H2,1H3,(H,17,21)(H,16,18,19). The lowest BCUT2D eigenvalue weighted by Gasteiger charge is -2.25. The van der Waals surface area contributed by atoms with Crippen molar-refractivity contribution in [2.45, 2.75) is 18.9 Å². The number of nitrogens with two attached hydrogens (primary N) is 1. The number of H-pyrrole nitrogens is 1. The molecule has 7 nitrogen and oxygen atoms in total. The minimum Gasteiger partial charge on any atom is -0.354 e. The van der Waals surface area contributed by atoms with Crippen molar-refractivity contribution in [3.8, 4) is 0 Å². The van der Waals surface area contributed by atoms with E-state index in [1.165, 1.54) is 0 Å². The van der Waals surface area contributed by atoms with Crippen LogP contribution in [0.15, 0.2) is 12.5 Å². The second-order valence-corrected chi connectivity index (χ2v) is 5.90. The van der Waals surface area contributed by atoms with Gasteiger partial charge in [0, 0.05) is 25.8 Å². The number of fused-ring (bicyclic) bond motifs is 1. The maximum atomic E-state index is 10.8. The van der Waals surface area contributed by atoms with Gasteiger partial charge >= 0.3 is 5.37 Å². The fraction of sp³-hybridized carbons (Fsp3) is 0.462. The zero-order valence-corrected chi connectivity index (χ0v) is 12.4. The van der Waals surface area contributed by atoms with Gasteiger partial charge in [0.15, 0.2) is 0 Å². The second-order valence-electron chi connectivity index (χ2n) is 5.55. The lowest BCUT2D eigenvalue weighted by Crippen LogP contribution is -2.51. The summed E-state index contributed by atoms with van der Waals surface area (Å²) in [5.41, 5.74) is 7.75. The van der Waals surface area contributed by atoms with Crippen molar-refractivity contribution in [3.63, 3.8) is 0 Å². The van der Waals surface area contributed by atoms with Crippen molar-refractivity contribution in [1.29, 1.82) is 0 Å². The van der Waals surface area contributed by atoms with Crippen LogP contribution in [0.2, 0.25) is 0 Å². The molecule has 2 aromatic heterocycles. The highest BCUT2D eigenvalue weighted by molar-refractivity contribution is 6.62. The molecule has 1 amide bonds. The Morgan fingerprint density at radius 2 is 2.43 bits per heavy atom. The van der Waals surface area contributed by atoms with E-state index in [1.54, 1.807) is 6.33 Å². The topological polar surface area (TPSA) is 99.9 Å². The highest BCUT2D eigenvalue weighted by Gasteiger charge is 2.36. The average molecular weight is 309 g/mol. The predicted molar refractivity (Wildman–Crippen MR) is 81.6 cm³/mol. The highest BCUT2D eigenvalue weighted by atomic mass is 35.5. The number of anilines is 1. The molecule has 0 spiro atoms. The molecule has 0 bridgehead atoms. The molecule has 1 unspecified atom stereocenters. The number of amides is 1. The van der Waals surface area contributed by atoms with Crippen LogP contribution < -0.4 is 16.0 Å². The molecule has 3 heterocycles. The summed E-state index contributed by atoms with van der Waals surface area (Å²) in [5, 5.41) is 3.02. The summed E-state index contributed by atoms with van der Waals surface area (Å²) >= 11 is 5.31. The summed E-state index contributed by atoms with van der Waals surface area (Å²) in [6.07, 6.45) is 4.23. The number of halogens is 1. The molecule has 2 aromatic rings. The Bertz CT molecular complexity index is 686. The lowest BCUT2D eigenvalue weighted by atomic mass is 10.0. The molecule has 1 saturated heterocycles. The van der Waals surface area contributed by atoms with Crippen LogP contribution in [0.25, 0.3) is 11.0 Å². The van der Waals surface area contributed by atoms with Crippen LogP contribution in [0.3, 0.4) is 0 Å². The molecule has 1 aliphatic rings. The highest BCUT2D eigenvalue weighted by Crippen LogP contribution is 2.30. The molecule has 0 radical (unpaired) electrons. The largest absolute Gasteiger partial charge is 0.354 e. The average Bonchev–Trinajstić information content (AvgIpc) is 3.02. The zero-order valence-electron chi connectivity index (χ0n) is 11.7. The lowest BCUT2D eigenvalue weighted by molar-refractivity contribution is 0.257. The van der Waals surface area contributed by atoms with Crippen LogP contribution in [0, 0.1) is 6.92 Å². The summed E-state index contributed by atoms with van der Waals surface area (Å²) < 4.78 is 0. The monoisotopic (exact) mass is 308 g/mol. The van der Waals surface area contributed by atoms with Gasteiger partial charge in [-0.3, -0.25) is 4.79 Å². The summed E-state index contributed by atoms with van der Waals surface area (Å²) in [4.78, 5) is 24.7. The van der Waals surface area contributed by atoms with Gasteiger partial charge in [-0.1, -0.05) is 0 Å². The summed E-state index contributed by atoms with van der Waals surface area (Å²) in [6.45, 7) is 3.77. The van der Waals surface area contributed by atoms with Gasteiger partial charge in [0.05, 0.1) is 10.9 Å². The molecule has 21 heavy (non-hydrogen) atoms. The Morgan fingerprint density at radius 1 is 1.62 bits per heavy atom. The third-order valence-electron chi connectivity index (χ3n) is 3.91. The minimum absolute atomic E-state index is 0.353. The quantitative estimate of drug-likeness (QED) is 0.583. The molecule has 0 saturated carbocycles. The molecule has 8 heteroatoms. The number of hydrogen-bond donors (Lipinski definition) is 3. The molecule has 4 N–H and O–H groups in total. The van der Waals surface area contributed by atoms with Gasteiger partial charge < -0.3 is 20.9 Å². The fourth-order valence-electron chi connectivity index (χ4n) is 2.80. The molecular weight excluding hydrogens is 292 g/mol. The van der Waals surface area contributed by atoms with Gasteiger partial charge in [0.1, 0.15) is 17.8 Å². The number of aromatic nitrogens is 3. The van der Waals surface area contributed by atoms with E-state index in [-0.39, 0.29) is 0 Å². The van der Waals surface area contributed by atoms with Crippen LogP contribution in [0.5, 0.6) is 0 Å². The first-order chi connectivity index (χ1) is 9.98. The molecule has 0 aromatic carbocycles. The van der Waals surface area contributed by atoms with Gasteiger partial charge in [-0.2, -0.15) is 0 Å². The number of aryl methyl sites for hydroxylation is 1. The molecule has 1 aliphatic heterocycles. The molecule has 112 valence electrons. The number of nitrogens with zero attached hydrogens (tertiary/aromatic N) is 3. The SMILES string of the molecule is Cc1c[nH]c2ncnc(N3CCC(N)(CNC(=O)Cl)C3)c12. The number of carbonyl (C=O) groups excluding carboxylic acids is 1. The van der Waals surface area contributed by atoms with E-state index < -0.39 is 10.9 Å². The first kappa shape index (κ1) is 14.1. The Morgan fingerprint density at radius 3 is 3.19 bits per heavy atom.